The van der Waals surface area contributed by atoms with Crippen molar-refractivity contribution in [3.63, 3.8) is 0 Å². The van der Waals surface area contributed by atoms with Crippen LogP contribution in [0, 0.1) is 0 Å². The van der Waals surface area contributed by atoms with Crippen LogP contribution in [-0.4, -0.2) is 58.4 Å². The lowest BCUT2D eigenvalue weighted by atomic mass is 9.84. The summed E-state index contributed by atoms with van der Waals surface area (Å²) in [5, 5.41) is 56.2. The number of phenolic OH excluding ortho intramolecular Hbond substituents is 1. The smallest absolute Gasteiger partial charge is 0.310 e. The van der Waals surface area contributed by atoms with Gasteiger partial charge in [0.15, 0.2) is 11.9 Å². The van der Waals surface area contributed by atoms with Gasteiger partial charge in [-0.05, 0) is 35.6 Å². The third kappa shape index (κ3) is 4.49. The minimum atomic E-state index is -3.49. The molecule has 1 unspecified atom stereocenters. The van der Waals surface area contributed by atoms with Crippen molar-refractivity contribution in [3.05, 3.63) is 47.5 Å². The largest absolute Gasteiger partial charge is 0.505 e. The predicted molar refractivity (Wildman–Crippen MR) is 108 cm³/mol. The van der Waals surface area contributed by atoms with Gasteiger partial charge in [-0.3, -0.25) is 4.79 Å². The van der Waals surface area contributed by atoms with Crippen molar-refractivity contribution in [1.29, 1.82) is 0 Å². The Morgan fingerprint density at radius 2 is 1.63 bits per heavy atom. The van der Waals surface area contributed by atoms with Gasteiger partial charge in [-0.25, -0.2) is 0 Å². The molecular weight excluding hydrogens is 390 g/mol. The summed E-state index contributed by atoms with van der Waals surface area (Å²) in [4.78, 5) is 13.3. The van der Waals surface area contributed by atoms with E-state index in [2.05, 4.69) is 10.2 Å². The second-order valence-electron chi connectivity index (χ2n) is 8.30. The number of ketones is 1. The van der Waals surface area contributed by atoms with Crippen LogP contribution >= 0.6 is 0 Å². The van der Waals surface area contributed by atoms with E-state index >= 15 is 0 Å². The molecular formula is C21H25N3O6. The second kappa shape index (κ2) is 7.77. The van der Waals surface area contributed by atoms with Crippen molar-refractivity contribution < 1.29 is 30.3 Å². The molecule has 0 aliphatic carbocycles. The van der Waals surface area contributed by atoms with Gasteiger partial charge >= 0.3 is 5.97 Å². The molecule has 0 spiro atoms. The summed E-state index contributed by atoms with van der Waals surface area (Å²) in [5.74, 6) is -4.41. The molecule has 3 rings (SSSR count). The van der Waals surface area contributed by atoms with Gasteiger partial charge in [-0.2, -0.15) is 0 Å². The summed E-state index contributed by atoms with van der Waals surface area (Å²) in [5.41, 5.74) is 2.48. The van der Waals surface area contributed by atoms with Crippen LogP contribution in [0.5, 0.6) is 5.75 Å². The minimum absolute atomic E-state index is 0.0120. The van der Waals surface area contributed by atoms with E-state index in [1.54, 1.807) is 24.3 Å². The maximum atomic E-state index is 12.0. The minimum Gasteiger partial charge on any atom is -0.505 e. The Morgan fingerprint density at radius 3 is 2.13 bits per heavy atom. The summed E-state index contributed by atoms with van der Waals surface area (Å²) in [6.07, 6.45) is -2.47. The monoisotopic (exact) mass is 415 g/mol. The number of aliphatic hydroxyl groups excluding tert-OH is 1. The first kappa shape index (κ1) is 21.8. The fraction of sp³-hybridized carbons (Fsp3) is 0.381. The number of benzene rings is 2. The molecule has 0 bridgehead atoms. The van der Waals surface area contributed by atoms with Crippen LogP contribution < -0.4 is 0 Å². The first-order valence-corrected chi connectivity index (χ1v) is 9.44. The van der Waals surface area contributed by atoms with Crippen molar-refractivity contribution >= 4 is 16.8 Å². The van der Waals surface area contributed by atoms with E-state index in [0.717, 1.165) is 0 Å². The molecule has 160 valence electrons. The second-order valence-corrected chi connectivity index (χ2v) is 8.30. The number of nitrogens with zero attached hydrogens (tertiary/aromatic N) is 3. The molecule has 0 aliphatic rings. The number of hydrogen-bond acceptors (Lipinski definition) is 8. The average Bonchev–Trinajstić information content (AvgIpc) is 3.08. The molecule has 9 heteroatoms. The summed E-state index contributed by atoms with van der Waals surface area (Å²) in [7, 11) is 0. The van der Waals surface area contributed by atoms with E-state index in [-0.39, 0.29) is 18.6 Å². The highest BCUT2D eigenvalue weighted by molar-refractivity contribution is 5.83. The van der Waals surface area contributed by atoms with Gasteiger partial charge in [-0.1, -0.05) is 39.0 Å². The molecule has 5 N–H and O–H groups in total. The molecule has 1 atom stereocenters. The van der Waals surface area contributed by atoms with E-state index in [9.17, 15) is 15.0 Å². The normalized spacial score (nSPS) is 13.6. The lowest BCUT2D eigenvalue weighted by molar-refractivity contribution is -0.345. The van der Waals surface area contributed by atoms with Crippen molar-refractivity contribution in [2.45, 2.75) is 51.1 Å². The van der Waals surface area contributed by atoms with Crippen LogP contribution in [0.4, 0.5) is 0 Å². The molecule has 1 aromatic heterocycles. The van der Waals surface area contributed by atoms with Gasteiger partial charge in [-0.15, -0.1) is 15.0 Å². The fourth-order valence-electron chi connectivity index (χ4n) is 3.13. The Kier molecular flexibility index (Phi) is 5.66. The van der Waals surface area contributed by atoms with E-state index < -0.39 is 23.3 Å². The van der Waals surface area contributed by atoms with E-state index in [0.29, 0.717) is 27.8 Å². The Balaban J connectivity index is 2.00. The molecule has 0 aliphatic heterocycles. The molecule has 0 amide bonds. The predicted octanol–water partition coefficient (Wildman–Crippen LogP) is 0.917. The lowest BCUT2D eigenvalue weighted by Gasteiger charge is -2.23. The van der Waals surface area contributed by atoms with Crippen molar-refractivity contribution in [3.8, 4) is 11.4 Å². The van der Waals surface area contributed by atoms with Gasteiger partial charge in [0.1, 0.15) is 22.5 Å². The molecule has 0 radical (unpaired) electrons. The zero-order valence-electron chi connectivity index (χ0n) is 16.9. The number of carbonyl (C=O) groups excluding carboxylic acids is 1. The molecule has 0 fully saturated rings. The number of aromatic nitrogens is 3. The quantitative estimate of drug-likeness (QED) is 0.373. The molecule has 9 nitrogen and oxygen atoms in total. The number of rotatable bonds is 6. The lowest BCUT2D eigenvalue weighted by Crippen LogP contribution is -2.47. The summed E-state index contributed by atoms with van der Waals surface area (Å²) in [6.45, 7) is 5.78. The standard InChI is InChI=1S/C21H25N3O6/c1-20(2,3)13-10-12(8-9-17(25)19(27)21(28,29)30)11-16(18(13)26)24-22-14-6-4-5-7-15(14)23-24/h4-7,10-11,19,26-30H,8-9H2,1-3H3. The molecule has 3 aromatic rings. The highest BCUT2D eigenvalue weighted by Crippen LogP contribution is 2.36. The van der Waals surface area contributed by atoms with Gasteiger partial charge in [0.25, 0.3) is 0 Å². The first-order chi connectivity index (χ1) is 13.9. The van der Waals surface area contributed by atoms with Crippen LogP contribution in [0.15, 0.2) is 36.4 Å². The Hall–Kier alpha value is -2.85. The zero-order chi connectivity index (χ0) is 22.3. The third-order valence-electron chi connectivity index (χ3n) is 4.79. The molecule has 1 heterocycles. The van der Waals surface area contributed by atoms with Crippen molar-refractivity contribution in [2.24, 2.45) is 0 Å². The summed E-state index contributed by atoms with van der Waals surface area (Å²) < 4.78 is 0. The number of phenols is 1. The van der Waals surface area contributed by atoms with Gasteiger partial charge in [0, 0.05) is 12.0 Å². The van der Waals surface area contributed by atoms with Crippen LogP contribution in [0.3, 0.4) is 0 Å². The Morgan fingerprint density at radius 1 is 1.07 bits per heavy atom. The highest BCUT2D eigenvalue weighted by Gasteiger charge is 2.36. The Labute approximate surface area is 172 Å². The van der Waals surface area contributed by atoms with E-state index in [4.69, 9.17) is 15.3 Å². The molecule has 0 saturated carbocycles. The zero-order valence-corrected chi connectivity index (χ0v) is 16.9. The summed E-state index contributed by atoms with van der Waals surface area (Å²) >= 11 is 0. The van der Waals surface area contributed by atoms with Gasteiger partial charge in [0.2, 0.25) is 0 Å². The first-order valence-electron chi connectivity index (χ1n) is 9.44. The number of aryl methyl sites for hydroxylation is 1. The maximum absolute atomic E-state index is 12.0. The molecule has 30 heavy (non-hydrogen) atoms. The van der Waals surface area contributed by atoms with E-state index in [1.165, 1.54) is 4.80 Å². The van der Waals surface area contributed by atoms with Crippen LogP contribution in [0.25, 0.3) is 16.7 Å². The third-order valence-corrected chi connectivity index (χ3v) is 4.79. The topological polar surface area (TPSA) is 149 Å². The van der Waals surface area contributed by atoms with Gasteiger partial charge < -0.3 is 25.5 Å². The maximum Gasteiger partial charge on any atom is 0.310 e. The van der Waals surface area contributed by atoms with Crippen LogP contribution in [0.1, 0.15) is 38.3 Å². The average molecular weight is 415 g/mol. The number of hydrogen-bond donors (Lipinski definition) is 5. The molecule has 2 aromatic carbocycles. The highest BCUT2D eigenvalue weighted by atomic mass is 16.7. The Bertz CT molecular complexity index is 1050. The summed E-state index contributed by atoms with van der Waals surface area (Å²) in [6, 6.07) is 10.6. The fourth-order valence-corrected chi connectivity index (χ4v) is 3.13. The van der Waals surface area contributed by atoms with Crippen LogP contribution in [0.2, 0.25) is 0 Å². The SMILES string of the molecule is CC(C)(C)c1cc(CCC(=O)C(O)C(O)(O)O)cc(-n2nc3ccccc3n2)c1O. The van der Waals surface area contributed by atoms with E-state index in [1.807, 2.05) is 32.9 Å². The molecule has 0 saturated heterocycles. The van der Waals surface area contributed by atoms with Crippen molar-refractivity contribution in [2.75, 3.05) is 0 Å². The number of fused-ring (bicyclic) bond motifs is 1. The van der Waals surface area contributed by atoms with Crippen molar-refractivity contribution in [1.82, 2.24) is 15.0 Å². The van der Waals surface area contributed by atoms with Gasteiger partial charge in [0.05, 0.1) is 0 Å². The number of aliphatic hydroxyl groups is 4. The number of aromatic hydroxyl groups is 1. The number of Topliss-reactive ketones (excluding diaryl/α,β-unsaturated/α-hetero) is 1. The number of carbonyl (C=O) groups is 1. The van der Waals surface area contributed by atoms with Crippen LogP contribution in [-0.2, 0) is 16.6 Å².